The number of nitriles is 1. The average Bonchev–Trinajstić information content (AvgIpc) is 2.85. The summed E-state index contributed by atoms with van der Waals surface area (Å²) in [6, 6.07) is 12.6. The van der Waals surface area contributed by atoms with E-state index in [1.807, 2.05) is 52.0 Å². The van der Waals surface area contributed by atoms with Crippen molar-refractivity contribution in [2.24, 2.45) is 0 Å². The molecule has 3 aromatic rings. The zero-order valence-electron chi connectivity index (χ0n) is 21.8. The zero-order chi connectivity index (χ0) is 25.4. The van der Waals surface area contributed by atoms with Crippen LogP contribution in [0.25, 0.3) is 10.8 Å². The Balaban J connectivity index is 0.00000199. The summed E-state index contributed by atoms with van der Waals surface area (Å²) in [4.78, 5) is 2.29. The lowest BCUT2D eigenvalue weighted by atomic mass is 9.98. The van der Waals surface area contributed by atoms with Gasteiger partial charge in [0.25, 0.3) is 0 Å². The molecular weight excluding hydrogens is 442 g/mol. The van der Waals surface area contributed by atoms with E-state index in [1.54, 1.807) is 0 Å². The van der Waals surface area contributed by atoms with Crippen LogP contribution in [0.5, 0.6) is 0 Å². The van der Waals surface area contributed by atoms with Gasteiger partial charge in [0.2, 0.25) is 0 Å². The number of hydrogen-bond acceptors (Lipinski definition) is 5. The summed E-state index contributed by atoms with van der Waals surface area (Å²) in [5.41, 5.74) is 4.59. The molecule has 0 fully saturated rings. The van der Waals surface area contributed by atoms with Gasteiger partial charge >= 0.3 is 0 Å². The molecule has 0 aliphatic carbocycles. The molecule has 0 aliphatic heterocycles. The SMILES string of the molecule is CC.CCCC(CC)N(C)c1cc2c(N[C@H](C)c3cccc(C#N)c3C)nnc(C)c2cc1Cl. The second-order valence-corrected chi connectivity index (χ2v) is 8.85. The molecule has 0 bridgehead atoms. The molecule has 182 valence electrons. The standard InChI is InChI=1S/C26H32ClN5.C2H6/c1-7-10-20(8-2)32(6)25-14-23-22(13-24(25)27)18(5)30-31-26(23)29-17(4)21-12-9-11-19(15-28)16(21)3;1-2/h9,11-14,17,20H,7-8,10H2,1-6H3,(H,29,31);1-2H3/t17-,20?;/m1./s1. The highest BCUT2D eigenvalue weighted by Gasteiger charge is 2.19. The van der Waals surface area contributed by atoms with Crippen molar-refractivity contribution in [3.63, 3.8) is 0 Å². The van der Waals surface area contributed by atoms with E-state index < -0.39 is 0 Å². The minimum atomic E-state index is -0.0381. The van der Waals surface area contributed by atoms with Gasteiger partial charge in [0.05, 0.1) is 34.1 Å². The van der Waals surface area contributed by atoms with Gasteiger partial charge in [-0.15, -0.1) is 5.10 Å². The van der Waals surface area contributed by atoms with Gasteiger partial charge in [-0.3, -0.25) is 0 Å². The summed E-state index contributed by atoms with van der Waals surface area (Å²) in [7, 11) is 2.12. The van der Waals surface area contributed by atoms with Crippen molar-refractivity contribution in [2.45, 2.75) is 79.8 Å². The third-order valence-corrected chi connectivity index (χ3v) is 6.67. The number of aryl methyl sites for hydroxylation is 1. The summed E-state index contributed by atoms with van der Waals surface area (Å²) in [5.74, 6) is 0.717. The molecule has 34 heavy (non-hydrogen) atoms. The second-order valence-electron chi connectivity index (χ2n) is 8.44. The van der Waals surface area contributed by atoms with Crippen LogP contribution in [0.2, 0.25) is 5.02 Å². The maximum atomic E-state index is 9.39. The molecule has 0 radical (unpaired) electrons. The molecule has 2 atom stereocenters. The first kappa shape index (κ1) is 27.4. The molecule has 1 N–H and O–H groups in total. The number of hydrogen-bond donors (Lipinski definition) is 1. The van der Waals surface area contributed by atoms with Gasteiger partial charge in [-0.1, -0.05) is 57.8 Å². The van der Waals surface area contributed by atoms with Gasteiger partial charge in [0.1, 0.15) is 0 Å². The van der Waals surface area contributed by atoms with Crippen LogP contribution in [0.15, 0.2) is 30.3 Å². The normalized spacial score (nSPS) is 12.4. The van der Waals surface area contributed by atoms with Crippen molar-refractivity contribution >= 4 is 33.9 Å². The van der Waals surface area contributed by atoms with Gasteiger partial charge in [-0.05, 0) is 62.9 Å². The van der Waals surface area contributed by atoms with Crippen molar-refractivity contribution in [3.05, 3.63) is 57.7 Å². The van der Waals surface area contributed by atoms with E-state index in [9.17, 15) is 5.26 Å². The van der Waals surface area contributed by atoms with Crippen LogP contribution in [0.1, 0.15) is 82.3 Å². The average molecular weight is 480 g/mol. The lowest BCUT2D eigenvalue weighted by Gasteiger charge is -2.30. The molecule has 1 aromatic heterocycles. The number of nitrogens with one attached hydrogen (secondary N) is 1. The quantitative estimate of drug-likeness (QED) is 0.354. The lowest BCUT2D eigenvalue weighted by molar-refractivity contribution is 0.557. The summed E-state index contributed by atoms with van der Waals surface area (Å²) >= 11 is 6.74. The largest absolute Gasteiger partial charge is 0.370 e. The highest BCUT2D eigenvalue weighted by atomic mass is 35.5. The molecule has 3 rings (SSSR count). The Kier molecular flexibility index (Phi) is 10.1. The molecule has 1 heterocycles. The van der Waals surface area contributed by atoms with Crippen molar-refractivity contribution in [1.29, 1.82) is 5.26 Å². The maximum Gasteiger partial charge on any atom is 0.157 e. The molecule has 6 heteroatoms. The van der Waals surface area contributed by atoms with Crippen LogP contribution >= 0.6 is 11.6 Å². The van der Waals surface area contributed by atoms with Gasteiger partial charge in [0.15, 0.2) is 5.82 Å². The number of aromatic nitrogens is 2. The molecule has 0 saturated heterocycles. The van der Waals surface area contributed by atoms with Crippen LogP contribution in [0.4, 0.5) is 11.5 Å². The third-order valence-electron chi connectivity index (χ3n) is 6.37. The topological polar surface area (TPSA) is 64.8 Å². The van der Waals surface area contributed by atoms with Crippen LogP contribution < -0.4 is 10.2 Å². The number of anilines is 2. The Labute approximate surface area is 210 Å². The molecule has 0 spiro atoms. The molecule has 2 aromatic carbocycles. The van der Waals surface area contributed by atoms with Crippen molar-refractivity contribution in [3.8, 4) is 6.07 Å². The van der Waals surface area contributed by atoms with Crippen molar-refractivity contribution in [2.75, 3.05) is 17.3 Å². The summed E-state index contributed by atoms with van der Waals surface area (Å²) in [6.07, 6.45) is 3.30. The second kappa shape index (κ2) is 12.6. The first-order valence-electron chi connectivity index (χ1n) is 12.3. The lowest BCUT2D eigenvalue weighted by Crippen LogP contribution is -2.31. The highest BCUT2D eigenvalue weighted by molar-refractivity contribution is 6.34. The highest BCUT2D eigenvalue weighted by Crippen LogP contribution is 2.36. The molecule has 1 unspecified atom stereocenters. The van der Waals surface area contributed by atoms with Gasteiger partial charge in [0, 0.05) is 23.9 Å². The molecule has 0 aliphatic rings. The van der Waals surface area contributed by atoms with E-state index in [2.05, 4.69) is 60.4 Å². The van der Waals surface area contributed by atoms with Crippen molar-refractivity contribution < 1.29 is 0 Å². The molecular formula is C28H38ClN5. The van der Waals surface area contributed by atoms with Gasteiger partial charge in [-0.2, -0.15) is 10.4 Å². The molecule has 5 nitrogen and oxygen atoms in total. The predicted octanol–water partition coefficient (Wildman–Crippen LogP) is 7.99. The van der Waals surface area contributed by atoms with Crippen LogP contribution in [-0.4, -0.2) is 23.3 Å². The van der Waals surface area contributed by atoms with Crippen LogP contribution in [0.3, 0.4) is 0 Å². The first-order chi connectivity index (χ1) is 16.3. The van der Waals surface area contributed by atoms with Crippen LogP contribution in [-0.2, 0) is 0 Å². The minimum absolute atomic E-state index is 0.0381. The monoisotopic (exact) mass is 479 g/mol. The first-order valence-corrected chi connectivity index (χ1v) is 12.7. The van der Waals surface area contributed by atoms with E-state index in [0.717, 1.165) is 63.4 Å². The minimum Gasteiger partial charge on any atom is -0.370 e. The van der Waals surface area contributed by atoms with Gasteiger partial charge in [-0.25, -0.2) is 0 Å². The van der Waals surface area contributed by atoms with E-state index >= 15 is 0 Å². The smallest absolute Gasteiger partial charge is 0.157 e. The Hall–Kier alpha value is -2.84. The fraction of sp³-hybridized carbons (Fsp3) is 0.464. The molecule has 0 amide bonds. The number of benzene rings is 2. The van der Waals surface area contributed by atoms with E-state index in [-0.39, 0.29) is 6.04 Å². The Morgan fingerprint density at radius 2 is 1.82 bits per heavy atom. The predicted molar refractivity (Wildman–Crippen MR) is 146 cm³/mol. The Morgan fingerprint density at radius 3 is 2.44 bits per heavy atom. The number of nitrogens with zero attached hydrogens (tertiary/aromatic N) is 4. The van der Waals surface area contributed by atoms with E-state index in [1.165, 1.54) is 0 Å². The summed E-state index contributed by atoms with van der Waals surface area (Å²) < 4.78 is 0. The summed E-state index contributed by atoms with van der Waals surface area (Å²) in [5, 5.41) is 24.5. The molecule has 0 saturated carbocycles. The van der Waals surface area contributed by atoms with Crippen molar-refractivity contribution in [1.82, 2.24) is 10.2 Å². The van der Waals surface area contributed by atoms with E-state index in [0.29, 0.717) is 11.6 Å². The maximum absolute atomic E-state index is 9.39. The van der Waals surface area contributed by atoms with Gasteiger partial charge < -0.3 is 10.2 Å². The zero-order valence-corrected chi connectivity index (χ0v) is 22.6. The van der Waals surface area contributed by atoms with E-state index in [4.69, 9.17) is 11.6 Å². The Morgan fingerprint density at radius 1 is 1.12 bits per heavy atom. The third kappa shape index (κ3) is 5.80. The fourth-order valence-electron chi connectivity index (χ4n) is 4.39. The number of halogens is 1. The summed E-state index contributed by atoms with van der Waals surface area (Å²) in [6.45, 7) is 14.4. The Bertz CT molecular complexity index is 1150. The van der Waals surface area contributed by atoms with Crippen LogP contribution in [0, 0.1) is 25.2 Å². The number of rotatable bonds is 8. The number of fused-ring (bicyclic) bond motifs is 1. The fourth-order valence-corrected chi connectivity index (χ4v) is 4.69.